The lowest BCUT2D eigenvalue weighted by atomic mass is 9.98. The van der Waals surface area contributed by atoms with E-state index in [0.29, 0.717) is 0 Å². The largest absolute Gasteiger partial charge is 0.480 e. The maximum Gasteiger partial charge on any atom is 0.323 e. The van der Waals surface area contributed by atoms with Crippen LogP contribution in [0.5, 0.6) is 0 Å². The van der Waals surface area contributed by atoms with Crippen LogP contribution in [0.3, 0.4) is 0 Å². The molecule has 0 radical (unpaired) electrons. The Labute approximate surface area is 106 Å². The van der Waals surface area contributed by atoms with Crippen LogP contribution in [0.25, 0.3) is 0 Å². The maximum atomic E-state index is 11.4. The van der Waals surface area contributed by atoms with Gasteiger partial charge in [0.25, 0.3) is 0 Å². The fraction of sp³-hybridized carbons (Fsp3) is 0.615. The van der Waals surface area contributed by atoms with Gasteiger partial charge in [-0.3, -0.25) is 9.69 Å². The zero-order valence-corrected chi connectivity index (χ0v) is 11.4. The molecule has 0 saturated carbocycles. The Morgan fingerprint density at radius 3 is 2.82 bits per heavy atom. The van der Waals surface area contributed by atoms with Gasteiger partial charge in [0.05, 0.1) is 0 Å². The van der Waals surface area contributed by atoms with Crippen molar-refractivity contribution in [2.75, 3.05) is 6.54 Å². The number of nitrogens with zero attached hydrogens (tertiary/aromatic N) is 1. The number of likely N-dealkylation sites (tertiary alicyclic amines) is 1. The molecule has 0 bridgehead atoms. The van der Waals surface area contributed by atoms with Crippen LogP contribution in [0.2, 0.25) is 0 Å². The van der Waals surface area contributed by atoms with Crippen molar-refractivity contribution in [1.82, 2.24) is 4.90 Å². The molecule has 1 aliphatic rings. The second-order valence-corrected chi connectivity index (χ2v) is 6.32. The zero-order chi connectivity index (χ0) is 12.6. The molecule has 2 heterocycles. The lowest BCUT2D eigenvalue weighted by molar-refractivity contribution is -0.149. The maximum absolute atomic E-state index is 11.4. The number of carboxylic acids is 1. The standard InChI is InChI=1S/C13H19NO2S/c1-9-5-6-11(17-9)10(2)14-8-4-7-13(14,3)12(15)16/h5-6,10H,4,7-8H2,1-3H3,(H,15,16). The van der Waals surface area contributed by atoms with Crippen molar-refractivity contribution in [2.24, 2.45) is 0 Å². The SMILES string of the molecule is Cc1ccc(C(C)N2CCCC2(C)C(=O)O)s1. The van der Waals surface area contributed by atoms with E-state index in [1.165, 1.54) is 9.75 Å². The molecule has 17 heavy (non-hydrogen) atoms. The highest BCUT2D eigenvalue weighted by atomic mass is 32.1. The third-order valence-corrected chi connectivity index (χ3v) is 4.97. The molecule has 1 fully saturated rings. The Balaban J connectivity index is 2.25. The van der Waals surface area contributed by atoms with Crippen LogP contribution in [0.15, 0.2) is 12.1 Å². The van der Waals surface area contributed by atoms with Crippen LogP contribution in [-0.2, 0) is 4.79 Å². The summed E-state index contributed by atoms with van der Waals surface area (Å²) in [7, 11) is 0. The smallest absolute Gasteiger partial charge is 0.323 e. The van der Waals surface area contributed by atoms with Crippen LogP contribution in [0.1, 0.15) is 42.5 Å². The van der Waals surface area contributed by atoms with Gasteiger partial charge >= 0.3 is 5.97 Å². The lowest BCUT2D eigenvalue weighted by Crippen LogP contribution is -2.48. The Morgan fingerprint density at radius 2 is 2.29 bits per heavy atom. The van der Waals surface area contributed by atoms with Gasteiger partial charge in [-0.1, -0.05) is 0 Å². The number of hydrogen-bond acceptors (Lipinski definition) is 3. The van der Waals surface area contributed by atoms with Gasteiger partial charge in [0, 0.05) is 15.8 Å². The first kappa shape index (κ1) is 12.6. The second-order valence-electron chi connectivity index (χ2n) is 5.00. The molecule has 2 atom stereocenters. The van der Waals surface area contributed by atoms with Gasteiger partial charge in [-0.15, -0.1) is 11.3 Å². The molecule has 2 rings (SSSR count). The van der Waals surface area contributed by atoms with Crippen LogP contribution < -0.4 is 0 Å². The highest BCUT2D eigenvalue weighted by Crippen LogP contribution is 2.38. The summed E-state index contributed by atoms with van der Waals surface area (Å²) in [4.78, 5) is 16.1. The highest BCUT2D eigenvalue weighted by Gasteiger charge is 2.45. The average molecular weight is 253 g/mol. The first-order chi connectivity index (χ1) is 7.95. The van der Waals surface area contributed by atoms with E-state index in [1.807, 2.05) is 6.92 Å². The third-order valence-electron chi connectivity index (χ3n) is 3.80. The number of hydrogen-bond donors (Lipinski definition) is 1. The molecule has 0 aromatic carbocycles. The van der Waals surface area contributed by atoms with Crippen LogP contribution >= 0.6 is 11.3 Å². The van der Waals surface area contributed by atoms with E-state index in [9.17, 15) is 9.90 Å². The van der Waals surface area contributed by atoms with Gasteiger partial charge < -0.3 is 5.11 Å². The average Bonchev–Trinajstić information content (AvgIpc) is 2.85. The Morgan fingerprint density at radius 1 is 1.59 bits per heavy atom. The number of aliphatic carboxylic acids is 1. The van der Waals surface area contributed by atoms with Gasteiger partial charge in [-0.05, 0) is 52.3 Å². The van der Waals surface area contributed by atoms with E-state index in [-0.39, 0.29) is 6.04 Å². The normalized spacial score (nSPS) is 27.2. The van der Waals surface area contributed by atoms with Crippen LogP contribution in [0, 0.1) is 6.92 Å². The molecule has 1 N–H and O–H groups in total. The Hall–Kier alpha value is -0.870. The summed E-state index contributed by atoms with van der Waals surface area (Å²) in [6, 6.07) is 4.41. The molecule has 4 heteroatoms. The Bertz CT molecular complexity index is 429. The van der Waals surface area contributed by atoms with Crippen molar-refractivity contribution >= 4 is 17.3 Å². The van der Waals surface area contributed by atoms with Crippen molar-refractivity contribution in [3.8, 4) is 0 Å². The minimum Gasteiger partial charge on any atom is -0.480 e. The van der Waals surface area contributed by atoms with Crippen molar-refractivity contribution in [1.29, 1.82) is 0 Å². The van der Waals surface area contributed by atoms with E-state index in [1.54, 1.807) is 11.3 Å². The number of carboxylic acid groups (broad SMARTS) is 1. The predicted molar refractivity (Wildman–Crippen MR) is 69.5 cm³/mol. The molecule has 0 amide bonds. The van der Waals surface area contributed by atoms with Crippen molar-refractivity contribution in [2.45, 2.75) is 45.2 Å². The van der Waals surface area contributed by atoms with E-state index in [2.05, 4.69) is 30.9 Å². The van der Waals surface area contributed by atoms with Gasteiger partial charge in [-0.2, -0.15) is 0 Å². The molecule has 2 unspecified atom stereocenters. The summed E-state index contributed by atoms with van der Waals surface area (Å²) in [5.74, 6) is -0.699. The van der Waals surface area contributed by atoms with Crippen molar-refractivity contribution < 1.29 is 9.90 Å². The molecule has 0 aliphatic carbocycles. The van der Waals surface area contributed by atoms with Crippen LogP contribution in [-0.4, -0.2) is 28.1 Å². The zero-order valence-electron chi connectivity index (χ0n) is 10.6. The summed E-state index contributed by atoms with van der Waals surface area (Å²) in [5, 5.41) is 9.41. The molecule has 0 spiro atoms. The summed E-state index contributed by atoms with van der Waals surface area (Å²) in [5.41, 5.74) is -0.697. The summed E-state index contributed by atoms with van der Waals surface area (Å²) < 4.78 is 0. The Kier molecular flexibility index (Phi) is 3.27. The second kappa shape index (κ2) is 4.42. The highest BCUT2D eigenvalue weighted by molar-refractivity contribution is 7.12. The molecule has 1 aromatic heterocycles. The first-order valence-electron chi connectivity index (χ1n) is 6.01. The number of aryl methyl sites for hydroxylation is 1. The van der Waals surface area contributed by atoms with E-state index in [0.717, 1.165) is 19.4 Å². The van der Waals surface area contributed by atoms with Crippen molar-refractivity contribution in [3.05, 3.63) is 21.9 Å². The van der Waals surface area contributed by atoms with E-state index >= 15 is 0 Å². The fourth-order valence-electron chi connectivity index (χ4n) is 2.67. The molecule has 1 saturated heterocycles. The van der Waals surface area contributed by atoms with E-state index < -0.39 is 11.5 Å². The molecular formula is C13H19NO2S. The quantitative estimate of drug-likeness (QED) is 0.900. The number of thiophene rings is 1. The molecule has 1 aromatic rings. The lowest BCUT2D eigenvalue weighted by Gasteiger charge is -2.35. The third kappa shape index (κ3) is 2.11. The van der Waals surface area contributed by atoms with Gasteiger partial charge in [0.1, 0.15) is 5.54 Å². The summed E-state index contributed by atoms with van der Waals surface area (Å²) in [6.45, 7) is 6.92. The number of carbonyl (C=O) groups is 1. The predicted octanol–water partition coefficient (Wildman–Crippen LogP) is 3.06. The van der Waals surface area contributed by atoms with E-state index in [4.69, 9.17) is 0 Å². The minimum atomic E-state index is -0.699. The minimum absolute atomic E-state index is 0.192. The van der Waals surface area contributed by atoms with Crippen LogP contribution in [0.4, 0.5) is 0 Å². The molecule has 94 valence electrons. The molecule has 1 aliphatic heterocycles. The van der Waals surface area contributed by atoms with Crippen molar-refractivity contribution in [3.63, 3.8) is 0 Å². The number of rotatable bonds is 3. The summed E-state index contributed by atoms with van der Waals surface area (Å²) >= 11 is 1.76. The fourth-order valence-corrected chi connectivity index (χ4v) is 3.61. The van der Waals surface area contributed by atoms with Gasteiger partial charge in [0.15, 0.2) is 0 Å². The monoisotopic (exact) mass is 253 g/mol. The molecule has 3 nitrogen and oxygen atoms in total. The summed E-state index contributed by atoms with van der Waals surface area (Å²) in [6.07, 6.45) is 1.72. The first-order valence-corrected chi connectivity index (χ1v) is 6.83. The topological polar surface area (TPSA) is 40.5 Å². The molecular weight excluding hydrogens is 234 g/mol. The van der Waals surface area contributed by atoms with Gasteiger partial charge in [0.2, 0.25) is 0 Å². The van der Waals surface area contributed by atoms with Gasteiger partial charge in [-0.25, -0.2) is 0 Å².